The summed E-state index contributed by atoms with van der Waals surface area (Å²) in [4.78, 5) is 11.0. The van der Waals surface area contributed by atoms with Crippen LogP contribution in [0.25, 0.3) is 0 Å². The molecule has 1 aliphatic heterocycles. The van der Waals surface area contributed by atoms with Crippen LogP contribution in [0, 0.1) is 11.8 Å². The van der Waals surface area contributed by atoms with Crippen molar-refractivity contribution < 1.29 is 24.1 Å². The quantitative estimate of drug-likeness (QED) is 0.230. The first-order valence-corrected chi connectivity index (χ1v) is 11.7. The number of carbonyl (C=O) groups is 1. The molecular formula is C24H42O5. The van der Waals surface area contributed by atoms with Gasteiger partial charge in [-0.05, 0) is 51.4 Å². The SMILES string of the molecule is CCCCC[C@@H](C#CC(O)CCCCCCCCC(=O)OC)OC1CCCCO1. The van der Waals surface area contributed by atoms with Gasteiger partial charge < -0.3 is 19.3 Å². The molecule has 0 aromatic rings. The summed E-state index contributed by atoms with van der Waals surface area (Å²) in [5.41, 5.74) is 0. The maximum atomic E-state index is 11.0. The Bertz CT molecular complexity index is 462. The van der Waals surface area contributed by atoms with E-state index in [9.17, 15) is 9.90 Å². The molecule has 5 nitrogen and oxygen atoms in total. The number of ether oxygens (including phenoxy) is 3. The van der Waals surface area contributed by atoms with Gasteiger partial charge in [0.25, 0.3) is 0 Å². The topological polar surface area (TPSA) is 65.0 Å². The summed E-state index contributed by atoms with van der Waals surface area (Å²) in [6.45, 7) is 2.96. The molecule has 1 rings (SSSR count). The third-order valence-corrected chi connectivity index (χ3v) is 5.27. The van der Waals surface area contributed by atoms with E-state index in [1.54, 1.807) is 0 Å². The average molecular weight is 411 g/mol. The van der Waals surface area contributed by atoms with E-state index in [4.69, 9.17) is 9.47 Å². The van der Waals surface area contributed by atoms with Gasteiger partial charge in [0.2, 0.25) is 0 Å². The van der Waals surface area contributed by atoms with Gasteiger partial charge in [-0.3, -0.25) is 4.79 Å². The zero-order valence-corrected chi connectivity index (χ0v) is 18.6. The smallest absolute Gasteiger partial charge is 0.305 e. The molecule has 0 spiro atoms. The number of aliphatic hydroxyl groups is 1. The van der Waals surface area contributed by atoms with Crippen molar-refractivity contribution in [1.82, 2.24) is 0 Å². The second kappa shape index (κ2) is 17.7. The third-order valence-electron chi connectivity index (χ3n) is 5.27. The predicted octanol–water partition coefficient (Wildman–Crippen LogP) is 5.14. The molecule has 1 heterocycles. The fraction of sp³-hybridized carbons (Fsp3) is 0.875. The van der Waals surface area contributed by atoms with Gasteiger partial charge in [-0.15, -0.1) is 0 Å². The van der Waals surface area contributed by atoms with E-state index in [-0.39, 0.29) is 18.4 Å². The van der Waals surface area contributed by atoms with Crippen molar-refractivity contribution in [3.63, 3.8) is 0 Å². The molecule has 5 heteroatoms. The van der Waals surface area contributed by atoms with E-state index >= 15 is 0 Å². The Hall–Kier alpha value is -1.09. The highest BCUT2D eigenvalue weighted by Crippen LogP contribution is 2.18. The van der Waals surface area contributed by atoms with E-state index in [0.717, 1.165) is 77.2 Å². The van der Waals surface area contributed by atoms with Crippen molar-refractivity contribution in [2.45, 2.75) is 122 Å². The van der Waals surface area contributed by atoms with Gasteiger partial charge in [0.15, 0.2) is 6.29 Å². The lowest BCUT2D eigenvalue weighted by molar-refractivity contribution is -0.177. The number of hydrogen-bond acceptors (Lipinski definition) is 5. The fourth-order valence-electron chi connectivity index (χ4n) is 3.43. The van der Waals surface area contributed by atoms with Crippen LogP contribution in [-0.2, 0) is 19.0 Å². The van der Waals surface area contributed by atoms with Crippen molar-refractivity contribution in [2.24, 2.45) is 0 Å². The standard InChI is InChI=1S/C24H42O5/c1-3-4-9-15-22(29-24-17-12-13-20-28-24)19-18-21(25)14-10-7-5-6-8-11-16-23(26)27-2/h21-22,24-25H,3-17,20H2,1-2H3/t21?,22-,24?/m0/s1. The molecule has 0 bridgehead atoms. The van der Waals surface area contributed by atoms with Crippen LogP contribution in [0.1, 0.15) is 103 Å². The zero-order valence-electron chi connectivity index (χ0n) is 18.6. The van der Waals surface area contributed by atoms with Gasteiger partial charge >= 0.3 is 5.97 Å². The Morgan fingerprint density at radius 1 is 1.03 bits per heavy atom. The van der Waals surface area contributed by atoms with E-state index < -0.39 is 6.10 Å². The highest BCUT2D eigenvalue weighted by Gasteiger charge is 2.18. The average Bonchev–Trinajstić information content (AvgIpc) is 2.74. The van der Waals surface area contributed by atoms with Crippen molar-refractivity contribution in [1.29, 1.82) is 0 Å². The van der Waals surface area contributed by atoms with E-state index in [1.807, 2.05) is 0 Å². The maximum absolute atomic E-state index is 11.0. The minimum Gasteiger partial charge on any atom is -0.469 e. The number of rotatable bonds is 15. The van der Waals surface area contributed by atoms with Gasteiger partial charge in [-0.2, -0.15) is 0 Å². The molecule has 168 valence electrons. The molecule has 0 aromatic heterocycles. The highest BCUT2D eigenvalue weighted by molar-refractivity contribution is 5.68. The lowest BCUT2D eigenvalue weighted by atomic mass is 10.1. The Morgan fingerprint density at radius 3 is 2.45 bits per heavy atom. The maximum Gasteiger partial charge on any atom is 0.305 e. The molecule has 0 amide bonds. The second-order valence-electron chi connectivity index (χ2n) is 7.96. The van der Waals surface area contributed by atoms with Crippen LogP contribution in [0.5, 0.6) is 0 Å². The summed E-state index contributed by atoms with van der Waals surface area (Å²) < 4.78 is 16.4. The van der Waals surface area contributed by atoms with Crippen molar-refractivity contribution in [3.05, 3.63) is 0 Å². The summed E-state index contributed by atoms with van der Waals surface area (Å²) in [5.74, 6) is 6.04. The number of methoxy groups -OCH3 is 1. The fourth-order valence-corrected chi connectivity index (χ4v) is 3.43. The largest absolute Gasteiger partial charge is 0.469 e. The van der Waals surface area contributed by atoms with Crippen LogP contribution in [-0.4, -0.2) is 43.3 Å². The Labute approximate surface area is 177 Å². The summed E-state index contributed by atoms with van der Waals surface area (Å²) in [6.07, 6.45) is 14.1. The molecule has 1 fully saturated rings. The van der Waals surface area contributed by atoms with E-state index in [1.165, 1.54) is 20.0 Å². The second-order valence-corrected chi connectivity index (χ2v) is 7.96. The summed E-state index contributed by atoms with van der Waals surface area (Å²) in [5, 5.41) is 10.2. The molecule has 0 aromatic carbocycles. The van der Waals surface area contributed by atoms with Crippen LogP contribution in [0.15, 0.2) is 0 Å². The van der Waals surface area contributed by atoms with Crippen molar-refractivity contribution in [3.8, 4) is 11.8 Å². The number of unbranched alkanes of at least 4 members (excludes halogenated alkanes) is 7. The lowest BCUT2D eigenvalue weighted by Gasteiger charge is -2.25. The third kappa shape index (κ3) is 14.5. The number of hydrogen-bond donors (Lipinski definition) is 1. The molecule has 2 unspecified atom stereocenters. The predicted molar refractivity (Wildman–Crippen MR) is 115 cm³/mol. The highest BCUT2D eigenvalue weighted by atomic mass is 16.7. The minimum atomic E-state index is -0.584. The van der Waals surface area contributed by atoms with Crippen LogP contribution in [0.2, 0.25) is 0 Å². The van der Waals surface area contributed by atoms with Gasteiger partial charge in [0.05, 0.1) is 7.11 Å². The Morgan fingerprint density at radius 2 is 1.76 bits per heavy atom. The first-order valence-electron chi connectivity index (χ1n) is 11.7. The molecule has 1 aliphatic rings. The molecule has 0 radical (unpaired) electrons. The Balaban J connectivity index is 2.20. The molecule has 1 N–H and O–H groups in total. The summed E-state index contributed by atoms with van der Waals surface area (Å²) in [6, 6.07) is 0. The first-order chi connectivity index (χ1) is 14.2. The van der Waals surface area contributed by atoms with E-state index in [2.05, 4.69) is 23.5 Å². The van der Waals surface area contributed by atoms with Crippen LogP contribution in [0.3, 0.4) is 0 Å². The first kappa shape index (κ1) is 25.9. The van der Waals surface area contributed by atoms with Gasteiger partial charge in [-0.25, -0.2) is 0 Å². The van der Waals surface area contributed by atoms with Gasteiger partial charge in [-0.1, -0.05) is 57.3 Å². The van der Waals surface area contributed by atoms with E-state index in [0.29, 0.717) is 12.8 Å². The van der Waals surface area contributed by atoms with Crippen molar-refractivity contribution in [2.75, 3.05) is 13.7 Å². The molecular weight excluding hydrogens is 368 g/mol. The molecule has 1 saturated heterocycles. The summed E-state index contributed by atoms with van der Waals surface area (Å²) >= 11 is 0. The van der Waals surface area contributed by atoms with Gasteiger partial charge in [0, 0.05) is 13.0 Å². The van der Waals surface area contributed by atoms with Crippen LogP contribution in [0.4, 0.5) is 0 Å². The van der Waals surface area contributed by atoms with Crippen molar-refractivity contribution >= 4 is 5.97 Å². The molecule has 3 atom stereocenters. The lowest BCUT2D eigenvalue weighted by Crippen LogP contribution is -2.27. The zero-order chi connectivity index (χ0) is 21.2. The molecule has 0 aliphatic carbocycles. The molecule has 29 heavy (non-hydrogen) atoms. The number of carbonyl (C=O) groups excluding carboxylic acids is 1. The van der Waals surface area contributed by atoms with Crippen LogP contribution < -0.4 is 0 Å². The minimum absolute atomic E-state index is 0.126. The monoisotopic (exact) mass is 410 g/mol. The number of esters is 1. The Kier molecular flexibility index (Phi) is 15.9. The number of aliphatic hydroxyl groups excluding tert-OH is 1. The normalized spacial score (nSPS) is 18.5. The molecule has 0 saturated carbocycles. The summed E-state index contributed by atoms with van der Waals surface area (Å²) in [7, 11) is 1.43. The van der Waals surface area contributed by atoms with Gasteiger partial charge in [0.1, 0.15) is 12.2 Å². The van der Waals surface area contributed by atoms with Crippen LogP contribution >= 0.6 is 0 Å².